The Morgan fingerprint density at radius 1 is 1.21 bits per heavy atom. The van der Waals surface area contributed by atoms with Gasteiger partial charge in [0.2, 0.25) is 11.8 Å². The number of H-pyrrole nitrogens is 1. The average Bonchev–Trinajstić information content (AvgIpc) is 3.47. The molecule has 0 radical (unpaired) electrons. The number of aromatic amines is 1. The summed E-state index contributed by atoms with van der Waals surface area (Å²) in [6.07, 6.45) is -3.07. The minimum atomic E-state index is -3.25. The molecular formula is C25H24F5N5O3. The molecule has 4 fully saturated rings. The molecule has 3 saturated heterocycles. The molecular weight excluding hydrogens is 513 g/mol. The van der Waals surface area contributed by atoms with Gasteiger partial charge in [0.25, 0.3) is 18.3 Å². The van der Waals surface area contributed by atoms with Crippen molar-refractivity contribution < 1.29 is 36.3 Å². The first-order valence-electron chi connectivity index (χ1n) is 12.3. The van der Waals surface area contributed by atoms with E-state index < -0.39 is 71.9 Å². The van der Waals surface area contributed by atoms with E-state index >= 15 is 0 Å². The van der Waals surface area contributed by atoms with Crippen molar-refractivity contribution in [3.05, 3.63) is 35.3 Å². The Morgan fingerprint density at radius 3 is 2.61 bits per heavy atom. The lowest BCUT2D eigenvalue weighted by atomic mass is 9.71. The number of carbonyl (C=O) groups is 3. The molecule has 1 aromatic carbocycles. The first-order chi connectivity index (χ1) is 18.0. The minimum Gasteiger partial charge on any atom is -0.356 e. The molecule has 38 heavy (non-hydrogen) atoms. The van der Waals surface area contributed by atoms with Crippen LogP contribution in [0, 0.1) is 29.0 Å². The Kier molecular flexibility index (Phi) is 6.53. The van der Waals surface area contributed by atoms with Gasteiger partial charge in [0.15, 0.2) is 0 Å². The van der Waals surface area contributed by atoms with Crippen LogP contribution in [-0.2, 0) is 9.59 Å². The lowest BCUT2D eigenvalue weighted by molar-refractivity contribution is -0.179. The number of nitrogens with one attached hydrogen (secondary N) is 3. The first kappa shape index (κ1) is 25.9. The van der Waals surface area contributed by atoms with Gasteiger partial charge in [0, 0.05) is 41.4 Å². The molecule has 8 nitrogen and oxygen atoms in total. The van der Waals surface area contributed by atoms with Gasteiger partial charge in [0.05, 0.1) is 12.0 Å². The van der Waals surface area contributed by atoms with Crippen molar-refractivity contribution in [1.29, 1.82) is 5.26 Å². The summed E-state index contributed by atoms with van der Waals surface area (Å²) in [7, 11) is 0. The van der Waals surface area contributed by atoms with E-state index in [-0.39, 0.29) is 41.8 Å². The van der Waals surface area contributed by atoms with Crippen molar-refractivity contribution in [3.63, 3.8) is 0 Å². The second-order valence-corrected chi connectivity index (χ2v) is 10.1. The molecule has 1 aromatic heterocycles. The number of halogens is 5. The summed E-state index contributed by atoms with van der Waals surface area (Å²) in [5, 5.41) is 14.5. The quantitative estimate of drug-likeness (QED) is 0.490. The van der Waals surface area contributed by atoms with Gasteiger partial charge in [0.1, 0.15) is 23.6 Å². The van der Waals surface area contributed by atoms with E-state index in [0.717, 1.165) is 17.0 Å². The summed E-state index contributed by atoms with van der Waals surface area (Å²) in [6, 6.07) is 0.789. The SMILES string of the molecule is N#C[C@@H](C[C@H]1CCNC1=O)NC(=O)[C@H]1[C@H]2CC[C@H](CC2(F)F)N1C(=O)c1cc2c(C(F)F)cc(F)cc2[nH]1. The van der Waals surface area contributed by atoms with Crippen LogP contribution in [0.15, 0.2) is 18.2 Å². The molecule has 4 heterocycles. The van der Waals surface area contributed by atoms with Crippen molar-refractivity contribution in [3.8, 4) is 6.07 Å². The molecule has 3 aliphatic heterocycles. The lowest BCUT2D eigenvalue weighted by Crippen LogP contribution is -2.68. The number of hydrogen-bond donors (Lipinski definition) is 3. The number of aromatic nitrogens is 1. The summed E-state index contributed by atoms with van der Waals surface area (Å²) in [6.45, 7) is 0.429. The fourth-order valence-corrected chi connectivity index (χ4v) is 6.02. The molecule has 2 bridgehead atoms. The second kappa shape index (κ2) is 9.56. The zero-order valence-electron chi connectivity index (χ0n) is 19.9. The fourth-order valence-electron chi connectivity index (χ4n) is 6.02. The van der Waals surface area contributed by atoms with Gasteiger partial charge in [-0.15, -0.1) is 0 Å². The fraction of sp³-hybridized carbons (Fsp3) is 0.520. The molecule has 1 saturated carbocycles. The summed E-state index contributed by atoms with van der Waals surface area (Å²) >= 11 is 0. The van der Waals surface area contributed by atoms with Gasteiger partial charge in [-0.05, 0) is 43.9 Å². The van der Waals surface area contributed by atoms with E-state index in [0.29, 0.717) is 19.0 Å². The second-order valence-electron chi connectivity index (χ2n) is 10.1. The number of hydrogen-bond acceptors (Lipinski definition) is 4. The highest BCUT2D eigenvalue weighted by molar-refractivity contribution is 6.01. The smallest absolute Gasteiger partial charge is 0.271 e. The number of carbonyl (C=O) groups excluding carboxylic acids is 3. The Balaban J connectivity index is 1.46. The molecule has 3 N–H and O–H groups in total. The van der Waals surface area contributed by atoms with E-state index in [4.69, 9.17) is 0 Å². The molecule has 5 atom stereocenters. The zero-order valence-corrected chi connectivity index (χ0v) is 19.9. The van der Waals surface area contributed by atoms with Crippen molar-refractivity contribution in [1.82, 2.24) is 20.5 Å². The van der Waals surface area contributed by atoms with Crippen molar-refractivity contribution in [2.45, 2.75) is 62.6 Å². The summed E-state index contributed by atoms with van der Waals surface area (Å²) in [4.78, 5) is 42.5. The van der Waals surface area contributed by atoms with Crippen LogP contribution in [0.4, 0.5) is 22.0 Å². The summed E-state index contributed by atoms with van der Waals surface area (Å²) in [5.41, 5.74) is -0.957. The maximum absolute atomic E-state index is 14.9. The highest BCUT2D eigenvalue weighted by Gasteiger charge is 2.60. The number of fused-ring (bicyclic) bond motifs is 4. The highest BCUT2D eigenvalue weighted by Crippen LogP contribution is 2.49. The lowest BCUT2D eigenvalue weighted by Gasteiger charge is -2.53. The average molecular weight is 537 g/mol. The van der Waals surface area contributed by atoms with Crippen LogP contribution in [0.2, 0.25) is 0 Å². The molecule has 13 heteroatoms. The Labute approximate surface area is 213 Å². The number of amides is 3. The van der Waals surface area contributed by atoms with Gasteiger partial charge in [-0.25, -0.2) is 22.0 Å². The zero-order chi connectivity index (χ0) is 27.4. The van der Waals surface area contributed by atoms with E-state index in [1.165, 1.54) is 0 Å². The molecule has 0 spiro atoms. The van der Waals surface area contributed by atoms with Crippen molar-refractivity contribution in [2.75, 3.05) is 6.54 Å². The number of nitrogens with zero attached hydrogens (tertiary/aromatic N) is 2. The largest absolute Gasteiger partial charge is 0.356 e. The number of rotatable bonds is 6. The number of benzene rings is 1. The number of alkyl halides is 4. The first-order valence-corrected chi connectivity index (χ1v) is 12.3. The molecule has 0 unspecified atom stereocenters. The standard InChI is InChI=1S/C25H24F5N5O3/c26-12-6-16(21(27)28)15-8-19(34-18(15)7-12)24(38)35-14-1-2-17(25(29,30)9-14)20(35)23(37)33-13(10-31)5-11-3-4-32-22(11)36/h6-8,11,13-14,17,20-21,34H,1-5,9H2,(H,32,36)(H,33,37)/t11-,13-,14-,17-,20-/m1/s1. The van der Waals surface area contributed by atoms with Gasteiger partial charge in [-0.2, -0.15) is 5.26 Å². The molecule has 4 aliphatic rings. The maximum Gasteiger partial charge on any atom is 0.271 e. The molecule has 6 rings (SSSR count). The Bertz CT molecular complexity index is 1340. The van der Waals surface area contributed by atoms with E-state index in [9.17, 15) is 41.6 Å². The van der Waals surface area contributed by atoms with Crippen LogP contribution in [0.1, 0.15) is 54.6 Å². The monoisotopic (exact) mass is 537 g/mol. The number of nitriles is 1. The van der Waals surface area contributed by atoms with Crippen molar-refractivity contribution in [2.24, 2.45) is 11.8 Å². The third kappa shape index (κ3) is 4.46. The molecule has 2 aromatic rings. The van der Waals surface area contributed by atoms with Crippen LogP contribution in [0.25, 0.3) is 10.9 Å². The molecule has 202 valence electrons. The van der Waals surface area contributed by atoms with Crippen LogP contribution in [0.3, 0.4) is 0 Å². The topological polar surface area (TPSA) is 118 Å². The third-order valence-corrected chi connectivity index (χ3v) is 7.79. The van der Waals surface area contributed by atoms with Gasteiger partial charge >= 0.3 is 0 Å². The predicted molar refractivity (Wildman–Crippen MR) is 123 cm³/mol. The van der Waals surface area contributed by atoms with Gasteiger partial charge in [-0.1, -0.05) is 0 Å². The molecule has 1 aliphatic carbocycles. The summed E-state index contributed by atoms with van der Waals surface area (Å²) in [5.74, 6) is -8.31. The van der Waals surface area contributed by atoms with Gasteiger partial charge < -0.3 is 20.5 Å². The van der Waals surface area contributed by atoms with Crippen molar-refractivity contribution >= 4 is 28.6 Å². The van der Waals surface area contributed by atoms with Crippen LogP contribution < -0.4 is 10.6 Å². The Morgan fingerprint density at radius 2 is 1.97 bits per heavy atom. The third-order valence-electron chi connectivity index (χ3n) is 7.79. The van der Waals surface area contributed by atoms with E-state index in [1.54, 1.807) is 0 Å². The van der Waals surface area contributed by atoms with Crippen LogP contribution in [0.5, 0.6) is 0 Å². The Hall–Kier alpha value is -3.69. The summed E-state index contributed by atoms with van der Waals surface area (Å²) < 4.78 is 70.7. The highest BCUT2D eigenvalue weighted by atomic mass is 19.3. The predicted octanol–water partition coefficient (Wildman–Crippen LogP) is 3.41. The number of piperidine rings is 2. The van der Waals surface area contributed by atoms with Crippen LogP contribution in [-0.4, -0.2) is 58.2 Å². The normalized spacial score (nSPS) is 26.9. The van der Waals surface area contributed by atoms with Gasteiger partial charge in [-0.3, -0.25) is 14.4 Å². The maximum atomic E-state index is 14.9. The molecule has 3 amide bonds. The minimum absolute atomic E-state index is 0.0107. The van der Waals surface area contributed by atoms with Crippen LogP contribution >= 0.6 is 0 Å². The van der Waals surface area contributed by atoms with E-state index in [2.05, 4.69) is 15.6 Å². The van der Waals surface area contributed by atoms with E-state index in [1.807, 2.05) is 6.07 Å².